The van der Waals surface area contributed by atoms with Gasteiger partial charge in [0.25, 0.3) is 0 Å². The Kier molecular flexibility index (Phi) is 63.7. The molecule has 3 N–H and O–H groups in total. The van der Waals surface area contributed by atoms with Crippen molar-refractivity contribution in [1.29, 1.82) is 0 Å². The van der Waals surface area contributed by atoms with Gasteiger partial charge in [-0.1, -0.05) is 324 Å². The molecule has 0 saturated heterocycles. The van der Waals surface area contributed by atoms with E-state index in [0.29, 0.717) is 31.6 Å². The van der Waals surface area contributed by atoms with Crippen molar-refractivity contribution in [3.05, 3.63) is 0 Å². The van der Waals surface area contributed by atoms with Crippen molar-refractivity contribution >= 4 is 39.5 Å². The van der Waals surface area contributed by atoms with Crippen LogP contribution in [-0.4, -0.2) is 96.7 Å². The van der Waals surface area contributed by atoms with Gasteiger partial charge in [-0.25, -0.2) is 9.13 Å². The molecule has 19 heteroatoms. The van der Waals surface area contributed by atoms with Crippen LogP contribution in [-0.2, 0) is 65.4 Å². The number of hydrogen-bond donors (Lipinski definition) is 3. The Balaban J connectivity index is 5.23. The summed E-state index contributed by atoms with van der Waals surface area (Å²) in [5, 5.41) is 10.6. The fraction of sp³-hybridized carbons (Fsp3) is 0.945. The number of rotatable bonds is 72. The van der Waals surface area contributed by atoms with E-state index in [1.807, 2.05) is 0 Å². The van der Waals surface area contributed by atoms with Gasteiger partial charge in [-0.15, -0.1) is 0 Å². The molecule has 0 aromatic carbocycles. The first-order chi connectivity index (χ1) is 44.4. The highest BCUT2D eigenvalue weighted by atomic mass is 31.2. The number of aliphatic hydroxyl groups excluding tert-OH is 1. The van der Waals surface area contributed by atoms with Gasteiger partial charge in [-0.2, -0.15) is 0 Å². The summed E-state index contributed by atoms with van der Waals surface area (Å²) in [5.41, 5.74) is 0. The predicted octanol–water partition coefficient (Wildman–Crippen LogP) is 21.2. The molecule has 0 aromatic heterocycles. The predicted molar refractivity (Wildman–Crippen MR) is 372 cm³/mol. The van der Waals surface area contributed by atoms with E-state index in [1.54, 1.807) is 0 Å². The maximum atomic E-state index is 13.1. The van der Waals surface area contributed by atoms with Crippen LogP contribution < -0.4 is 0 Å². The molecule has 546 valence electrons. The summed E-state index contributed by atoms with van der Waals surface area (Å²) in [6.07, 6.45) is 51.5. The Hall–Kier alpha value is -1.94. The highest BCUT2D eigenvalue weighted by molar-refractivity contribution is 7.47. The minimum absolute atomic E-state index is 0.103. The van der Waals surface area contributed by atoms with E-state index in [4.69, 9.17) is 37.0 Å². The third-order valence-electron chi connectivity index (χ3n) is 17.3. The van der Waals surface area contributed by atoms with Crippen LogP contribution in [0.2, 0.25) is 0 Å². The maximum absolute atomic E-state index is 13.1. The minimum Gasteiger partial charge on any atom is -0.462 e. The summed E-state index contributed by atoms with van der Waals surface area (Å²) in [7, 11) is -9.90. The van der Waals surface area contributed by atoms with Crippen molar-refractivity contribution in [2.75, 3.05) is 39.6 Å². The Bertz CT molecular complexity index is 1790. The Morgan fingerprint density at radius 2 is 0.554 bits per heavy atom. The number of unbranched alkanes of at least 4 members (excludes halogenated alkanes) is 41. The largest absolute Gasteiger partial charge is 0.472 e. The normalized spacial score (nSPS) is 14.4. The second-order valence-electron chi connectivity index (χ2n) is 27.1. The van der Waals surface area contributed by atoms with Crippen LogP contribution in [0, 0.1) is 11.8 Å². The molecule has 0 bridgehead atoms. The zero-order valence-electron chi connectivity index (χ0n) is 59.9. The molecule has 0 amide bonds. The van der Waals surface area contributed by atoms with E-state index in [-0.39, 0.29) is 25.7 Å². The van der Waals surface area contributed by atoms with E-state index >= 15 is 0 Å². The van der Waals surface area contributed by atoms with E-state index in [1.165, 1.54) is 186 Å². The lowest BCUT2D eigenvalue weighted by Crippen LogP contribution is -2.30. The Morgan fingerprint density at radius 3 is 0.826 bits per heavy atom. The van der Waals surface area contributed by atoms with Crippen LogP contribution in [0.25, 0.3) is 0 Å². The third kappa shape index (κ3) is 65.4. The summed E-state index contributed by atoms with van der Waals surface area (Å²) in [5.74, 6) is -0.696. The average Bonchev–Trinajstić information content (AvgIpc) is 1.56. The SMILES string of the molecule is CCCCCCCCCCCCCCCCCCCCC(=O)O[C@H](COC(=O)CCCCCCCCCCCCCCCC)COP(=O)(O)OC[C@@H](O)COP(=O)(O)OC[C@@H](COC(=O)CCCCCCCCC(C)CC)OC(=O)CCCCCCCCCC(C)C. The smallest absolute Gasteiger partial charge is 0.462 e. The summed E-state index contributed by atoms with van der Waals surface area (Å²) in [6.45, 7) is 9.47. The lowest BCUT2D eigenvalue weighted by atomic mass is 10.00. The van der Waals surface area contributed by atoms with Crippen LogP contribution in [0.3, 0.4) is 0 Å². The number of phosphoric ester groups is 2. The van der Waals surface area contributed by atoms with Crippen molar-refractivity contribution in [2.45, 2.75) is 394 Å². The first kappa shape index (κ1) is 90.1. The van der Waals surface area contributed by atoms with Gasteiger partial charge in [-0.05, 0) is 37.5 Å². The summed E-state index contributed by atoms with van der Waals surface area (Å²) < 4.78 is 68.4. The van der Waals surface area contributed by atoms with Crippen molar-refractivity contribution in [3.63, 3.8) is 0 Å². The quantitative estimate of drug-likeness (QED) is 0.0222. The summed E-state index contributed by atoms with van der Waals surface area (Å²) in [4.78, 5) is 72.6. The molecular formula is C73H142O17P2. The Labute approximate surface area is 562 Å². The van der Waals surface area contributed by atoms with E-state index < -0.39 is 97.5 Å². The molecule has 0 aliphatic carbocycles. The number of phosphoric acid groups is 2. The standard InChI is InChI=1S/C73H142O17P2/c1-7-10-12-14-16-18-20-22-24-25-26-27-29-31-33-37-45-51-57-72(77)89-68(61-83-70(75)55-49-43-36-32-30-28-23-21-19-17-15-13-11-8-2)63-87-91(79,80)85-59-67(74)60-86-92(81,82)88-64-69(90-73(78)58-52-46-38-34-35-41-47-53-65(4)5)62-84-71(76)56-50-44-40-39-42-48-54-66(6)9-3/h65-69,74H,7-64H2,1-6H3,(H,79,80)(H,81,82)/t66?,67-,68-,69-/m1/s1. The molecule has 0 rings (SSSR count). The van der Waals surface area contributed by atoms with E-state index in [2.05, 4.69) is 41.5 Å². The zero-order valence-corrected chi connectivity index (χ0v) is 61.6. The fourth-order valence-electron chi connectivity index (χ4n) is 11.1. The molecule has 17 nitrogen and oxygen atoms in total. The molecule has 0 aliphatic rings. The van der Waals surface area contributed by atoms with Crippen molar-refractivity contribution in [3.8, 4) is 0 Å². The minimum atomic E-state index is -4.95. The lowest BCUT2D eigenvalue weighted by molar-refractivity contribution is -0.161. The third-order valence-corrected chi connectivity index (χ3v) is 19.2. The molecular weight excluding hydrogens is 1210 g/mol. The van der Waals surface area contributed by atoms with Crippen LogP contribution >= 0.6 is 15.6 Å². The average molecular weight is 1350 g/mol. The molecule has 3 unspecified atom stereocenters. The van der Waals surface area contributed by atoms with Crippen LogP contribution in [0.1, 0.15) is 375 Å². The van der Waals surface area contributed by atoms with Gasteiger partial charge in [0.05, 0.1) is 26.4 Å². The first-order valence-electron chi connectivity index (χ1n) is 38.0. The Morgan fingerprint density at radius 1 is 0.315 bits per heavy atom. The molecule has 0 spiro atoms. The molecule has 6 atom stereocenters. The second kappa shape index (κ2) is 65.0. The summed E-state index contributed by atoms with van der Waals surface area (Å²) >= 11 is 0. The van der Waals surface area contributed by atoms with E-state index in [9.17, 15) is 43.2 Å². The van der Waals surface area contributed by atoms with Gasteiger partial charge >= 0.3 is 39.5 Å². The highest BCUT2D eigenvalue weighted by Gasteiger charge is 2.30. The molecule has 0 radical (unpaired) electrons. The zero-order chi connectivity index (χ0) is 67.9. The van der Waals surface area contributed by atoms with Gasteiger partial charge in [0.2, 0.25) is 0 Å². The van der Waals surface area contributed by atoms with Crippen LogP contribution in [0.15, 0.2) is 0 Å². The number of ether oxygens (including phenoxy) is 4. The second-order valence-corrected chi connectivity index (χ2v) is 30.0. The van der Waals surface area contributed by atoms with Gasteiger partial charge in [0.1, 0.15) is 19.3 Å². The van der Waals surface area contributed by atoms with Crippen molar-refractivity contribution in [1.82, 2.24) is 0 Å². The number of esters is 4. The number of carbonyl (C=O) groups excluding carboxylic acids is 4. The molecule has 0 fully saturated rings. The maximum Gasteiger partial charge on any atom is 0.472 e. The monoisotopic (exact) mass is 1350 g/mol. The van der Waals surface area contributed by atoms with Crippen molar-refractivity contribution < 1.29 is 80.2 Å². The molecule has 0 heterocycles. The number of hydrogen-bond acceptors (Lipinski definition) is 15. The van der Waals surface area contributed by atoms with Gasteiger partial charge in [-0.3, -0.25) is 37.3 Å². The summed E-state index contributed by atoms with van der Waals surface area (Å²) in [6, 6.07) is 0. The number of aliphatic hydroxyl groups is 1. The number of carbonyl (C=O) groups is 4. The lowest BCUT2D eigenvalue weighted by Gasteiger charge is -2.21. The van der Waals surface area contributed by atoms with E-state index in [0.717, 1.165) is 102 Å². The van der Waals surface area contributed by atoms with Gasteiger partial charge < -0.3 is 33.8 Å². The topological polar surface area (TPSA) is 237 Å². The molecule has 0 aliphatic heterocycles. The van der Waals surface area contributed by atoms with Gasteiger partial charge in [0, 0.05) is 25.7 Å². The molecule has 0 aromatic rings. The van der Waals surface area contributed by atoms with Crippen molar-refractivity contribution in [2.24, 2.45) is 11.8 Å². The molecule has 92 heavy (non-hydrogen) atoms. The fourth-order valence-corrected chi connectivity index (χ4v) is 12.7. The highest BCUT2D eigenvalue weighted by Crippen LogP contribution is 2.45. The van der Waals surface area contributed by atoms with Gasteiger partial charge in [0.15, 0.2) is 12.2 Å². The van der Waals surface area contributed by atoms with Crippen LogP contribution in [0.5, 0.6) is 0 Å². The first-order valence-corrected chi connectivity index (χ1v) is 41.0. The molecule has 0 saturated carbocycles. The van der Waals surface area contributed by atoms with Crippen LogP contribution in [0.4, 0.5) is 0 Å².